The molecule has 12 heteroatoms. The topological polar surface area (TPSA) is 134 Å². The fraction of sp³-hybridized carbons (Fsp3) is 0. The van der Waals surface area contributed by atoms with E-state index in [9.17, 15) is 28.1 Å². The van der Waals surface area contributed by atoms with Gasteiger partial charge in [-0.25, -0.2) is 17.8 Å². The fourth-order valence-corrected chi connectivity index (χ4v) is 5.66. The molecule has 5 rings (SSSR count). The van der Waals surface area contributed by atoms with Gasteiger partial charge in [0.05, 0.1) is 32.1 Å². The van der Waals surface area contributed by atoms with Gasteiger partial charge in [0.15, 0.2) is 0 Å². The number of carbonyl (C=O) groups is 1. The third-order valence-corrected chi connectivity index (χ3v) is 7.45. The number of nitro groups is 1. The summed E-state index contributed by atoms with van der Waals surface area (Å²) in [4.78, 5) is 41.1. The number of halogens is 1. The van der Waals surface area contributed by atoms with E-state index in [1.165, 1.54) is 36.5 Å². The predicted octanol–water partition coefficient (Wildman–Crippen LogP) is 3.84. The van der Waals surface area contributed by atoms with Gasteiger partial charge in [-0.1, -0.05) is 41.9 Å². The van der Waals surface area contributed by atoms with Crippen LogP contribution in [-0.2, 0) is 10.0 Å². The molecule has 0 amide bonds. The molecule has 0 aliphatic carbocycles. The molecule has 0 N–H and O–H groups in total. The third kappa shape index (κ3) is 3.49. The summed E-state index contributed by atoms with van der Waals surface area (Å²) in [6.07, 6.45) is 1.44. The van der Waals surface area contributed by atoms with Crippen molar-refractivity contribution in [3.8, 4) is 0 Å². The summed E-state index contributed by atoms with van der Waals surface area (Å²) in [5.74, 6) is -0.934. The molecule has 0 fully saturated rings. The van der Waals surface area contributed by atoms with Crippen LogP contribution in [0.2, 0.25) is 5.02 Å². The minimum absolute atomic E-state index is 0.0219. The van der Waals surface area contributed by atoms with E-state index in [-0.39, 0.29) is 37.7 Å². The van der Waals surface area contributed by atoms with Crippen molar-refractivity contribution < 1.29 is 18.1 Å². The summed E-state index contributed by atoms with van der Waals surface area (Å²) in [5, 5.41) is 11.3. The Morgan fingerprint density at radius 2 is 1.69 bits per heavy atom. The van der Waals surface area contributed by atoms with Crippen molar-refractivity contribution in [2.24, 2.45) is 0 Å². The Balaban J connectivity index is 1.78. The van der Waals surface area contributed by atoms with Crippen molar-refractivity contribution >= 4 is 55.2 Å². The van der Waals surface area contributed by atoms with Gasteiger partial charge in [0, 0.05) is 23.7 Å². The molecule has 0 bridgehead atoms. The van der Waals surface area contributed by atoms with Crippen LogP contribution in [0.3, 0.4) is 0 Å². The van der Waals surface area contributed by atoms with E-state index in [0.717, 1.165) is 18.2 Å². The molecule has 0 aliphatic rings. The Kier molecular flexibility index (Phi) is 5.23. The second kappa shape index (κ2) is 8.15. The number of para-hydroxylation sites is 3. The molecular weight excluding hydrogens is 496 g/mol. The molecule has 2 aromatic heterocycles. The van der Waals surface area contributed by atoms with E-state index in [0.29, 0.717) is 13.9 Å². The van der Waals surface area contributed by atoms with Gasteiger partial charge in [-0.15, -0.1) is 0 Å². The zero-order valence-electron chi connectivity index (χ0n) is 17.5. The zero-order valence-corrected chi connectivity index (χ0v) is 19.1. The van der Waals surface area contributed by atoms with Gasteiger partial charge in [0.2, 0.25) is 0 Å². The molecule has 0 aliphatic heterocycles. The van der Waals surface area contributed by atoms with Crippen molar-refractivity contribution in [3.05, 3.63) is 110 Å². The SMILES string of the molecule is O=C(c1ccc([N+](=O)[O-])cc1Cl)n1c(=O)n(S(=O)(=O)c2cccc3cccnc23)c2ccccc21. The van der Waals surface area contributed by atoms with Crippen molar-refractivity contribution in [1.29, 1.82) is 0 Å². The van der Waals surface area contributed by atoms with Gasteiger partial charge in [-0.3, -0.25) is 19.9 Å². The maximum atomic E-state index is 13.7. The molecule has 2 heterocycles. The van der Waals surface area contributed by atoms with Gasteiger partial charge in [-0.2, -0.15) is 3.97 Å². The van der Waals surface area contributed by atoms with Crippen molar-refractivity contribution in [2.45, 2.75) is 4.90 Å². The number of hydrogen-bond acceptors (Lipinski definition) is 7. The molecule has 35 heavy (non-hydrogen) atoms. The second-order valence-corrected chi connectivity index (χ2v) is 9.60. The number of non-ortho nitro benzene ring substituents is 1. The molecule has 0 atom stereocenters. The standard InChI is InChI=1S/C23H13ClN4O6S/c24-17-13-15(28(31)32)10-11-16(17)22(29)26-18-7-1-2-8-19(18)27(23(26)30)35(33,34)20-9-3-5-14-6-4-12-25-21(14)20/h1-13H. The third-order valence-electron chi connectivity index (χ3n) is 5.42. The van der Waals surface area contributed by atoms with Crippen LogP contribution >= 0.6 is 11.6 Å². The molecule has 3 aromatic carbocycles. The maximum Gasteiger partial charge on any atom is 0.350 e. The van der Waals surface area contributed by atoms with E-state index >= 15 is 0 Å². The molecule has 5 aromatic rings. The Labute approximate surface area is 201 Å². The normalized spacial score (nSPS) is 11.7. The summed E-state index contributed by atoms with van der Waals surface area (Å²) in [6, 6.07) is 17.0. The Bertz CT molecular complexity index is 1850. The highest BCUT2D eigenvalue weighted by Crippen LogP contribution is 2.27. The average Bonchev–Trinajstić information content (AvgIpc) is 3.15. The molecule has 10 nitrogen and oxygen atoms in total. The predicted molar refractivity (Wildman–Crippen MR) is 128 cm³/mol. The molecule has 0 unspecified atom stereocenters. The van der Waals surface area contributed by atoms with Gasteiger partial charge >= 0.3 is 5.69 Å². The first-order valence-electron chi connectivity index (χ1n) is 10.0. The monoisotopic (exact) mass is 508 g/mol. The maximum absolute atomic E-state index is 13.7. The smallest absolute Gasteiger partial charge is 0.268 e. The molecular formula is C23H13ClN4O6S. The lowest BCUT2D eigenvalue weighted by Gasteiger charge is -2.08. The molecule has 0 saturated carbocycles. The quantitative estimate of drug-likeness (QED) is 0.266. The van der Waals surface area contributed by atoms with Crippen LogP contribution in [0.4, 0.5) is 5.69 Å². The lowest BCUT2D eigenvalue weighted by Crippen LogP contribution is -2.33. The van der Waals surface area contributed by atoms with Crippen LogP contribution in [-0.4, -0.2) is 32.8 Å². The number of carbonyl (C=O) groups excluding carboxylic acids is 1. The first kappa shape index (κ1) is 22.4. The molecule has 0 saturated heterocycles. The van der Waals surface area contributed by atoms with Crippen LogP contribution in [0, 0.1) is 10.1 Å². The lowest BCUT2D eigenvalue weighted by atomic mass is 10.2. The van der Waals surface area contributed by atoms with Crippen LogP contribution in [0.15, 0.2) is 88.7 Å². The highest BCUT2D eigenvalue weighted by Gasteiger charge is 2.30. The van der Waals surface area contributed by atoms with Crippen molar-refractivity contribution in [3.63, 3.8) is 0 Å². The first-order valence-corrected chi connectivity index (χ1v) is 11.8. The number of rotatable bonds is 4. The molecule has 0 spiro atoms. The lowest BCUT2D eigenvalue weighted by molar-refractivity contribution is -0.384. The molecule has 0 radical (unpaired) electrons. The van der Waals surface area contributed by atoms with Crippen LogP contribution in [0.25, 0.3) is 21.9 Å². The van der Waals surface area contributed by atoms with E-state index in [1.54, 1.807) is 24.3 Å². The minimum atomic E-state index is -4.50. The Hall–Kier alpha value is -4.35. The van der Waals surface area contributed by atoms with Gasteiger partial charge < -0.3 is 0 Å². The van der Waals surface area contributed by atoms with Crippen molar-refractivity contribution in [1.82, 2.24) is 13.5 Å². The summed E-state index contributed by atoms with van der Waals surface area (Å²) in [7, 11) is -4.50. The number of pyridine rings is 1. The summed E-state index contributed by atoms with van der Waals surface area (Å²) >= 11 is 6.11. The fourth-order valence-electron chi connectivity index (χ4n) is 3.84. The van der Waals surface area contributed by atoms with Gasteiger partial charge in [-0.05, 0) is 30.3 Å². The average molecular weight is 509 g/mol. The number of hydrogen-bond donors (Lipinski definition) is 0. The number of fused-ring (bicyclic) bond motifs is 2. The number of aromatic nitrogens is 3. The molecule has 174 valence electrons. The largest absolute Gasteiger partial charge is 0.350 e. The van der Waals surface area contributed by atoms with Crippen LogP contribution in [0.1, 0.15) is 10.4 Å². The Morgan fingerprint density at radius 1 is 0.971 bits per heavy atom. The van der Waals surface area contributed by atoms with Crippen molar-refractivity contribution in [2.75, 3.05) is 0 Å². The summed E-state index contributed by atoms with van der Waals surface area (Å²) in [5.41, 5.74) is -1.52. The highest BCUT2D eigenvalue weighted by atomic mass is 35.5. The van der Waals surface area contributed by atoms with E-state index in [4.69, 9.17) is 11.6 Å². The van der Waals surface area contributed by atoms with E-state index in [1.807, 2.05) is 0 Å². The highest BCUT2D eigenvalue weighted by molar-refractivity contribution is 7.90. The number of nitrogens with zero attached hydrogens (tertiary/aromatic N) is 4. The van der Waals surface area contributed by atoms with Crippen LogP contribution < -0.4 is 5.69 Å². The minimum Gasteiger partial charge on any atom is -0.268 e. The first-order chi connectivity index (χ1) is 16.7. The van der Waals surface area contributed by atoms with Gasteiger partial charge in [0.1, 0.15) is 4.90 Å². The van der Waals surface area contributed by atoms with Crippen LogP contribution in [0.5, 0.6) is 0 Å². The Morgan fingerprint density at radius 3 is 2.40 bits per heavy atom. The number of imidazole rings is 1. The number of nitro benzene ring substituents is 1. The van der Waals surface area contributed by atoms with Gasteiger partial charge in [0.25, 0.3) is 21.6 Å². The second-order valence-electron chi connectivity index (χ2n) is 7.43. The number of benzene rings is 3. The summed E-state index contributed by atoms with van der Waals surface area (Å²) < 4.78 is 28.7. The zero-order chi connectivity index (χ0) is 24.9. The van der Waals surface area contributed by atoms with E-state index in [2.05, 4.69) is 4.98 Å². The summed E-state index contributed by atoms with van der Waals surface area (Å²) in [6.45, 7) is 0. The van der Waals surface area contributed by atoms with E-state index < -0.39 is 26.5 Å².